The van der Waals surface area contributed by atoms with E-state index < -0.39 is 0 Å². The van der Waals surface area contributed by atoms with E-state index in [1.807, 2.05) is 88.4 Å². The Kier molecular flexibility index (Phi) is 5.84. The molecule has 1 aliphatic rings. The third-order valence-electron chi connectivity index (χ3n) is 5.74. The lowest BCUT2D eigenvalue weighted by molar-refractivity contribution is -0.119. The van der Waals surface area contributed by atoms with E-state index in [1.54, 1.807) is 0 Å². The predicted octanol–water partition coefficient (Wildman–Crippen LogP) is 6.14. The maximum atomic E-state index is 13.7. The molecule has 0 saturated heterocycles. The number of anilines is 1. The zero-order chi connectivity index (χ0) is 22.1. The van der Waals surface area contributed by atoms with E-state index in [2.05, 4.69) is 6.07 Å². The number of benzene rings is 3. The van der Waals surface area contributed by atoms with Crippen molar-refractivity contribution in [3.63, 3.8) is 0 Å². The fourth-order valence-electron chi connectivity index (χ4n) is 3.90. The van der Waals surface area contributed by atoms with E-state index in [4.69, 9.17) is 0 Å². The summed E-state index contributed by atoms with van der Waals surface area (Å²) in [6.45, 7) is 7.97. The summed E-state index contributed by atoms with van der Waals surface area (Å²) in [7, 11) is 0. The molecule has 3 aromatic rings. The molecule has 31 heavy (non-hydrogen) atoms. The van der Waals surface area contributed by atoms with Crippen molar-refractivity contribution in [2.24, 2.45) is 0 Å². The van der Waals surface area contributed by atoms with Gasteiger partial charge in [-0.2, -0.15) is 0 Å². The van der Waals surface area contributed by atoms with Gasteiger partial charge in [0.15, 0.2) is 0 Å². The molecule has 0 N–H and O–H groups in total. The van der Waals surface area contributed by atoms with Gasteiger partial charge in [0, 0.05) is 5.75 Å². The van der Waals surface area contributed by atoms with Crippen LogP contribution in [0, 0.1) is 27.7 Å². The molecule has 4 heteroatoms. The Morgan fingerprint density at radius 2 is 1.52 bits per heavy atom. The number of carbonyl (C=O) groups is 2. The van der Waals surface area contributed by atoms with Crippen LogP contribution in [0.4, 0.5) is 5.69 Å². The van der Waals surface area contributed by atoms with Crippen molar-refractivity contribution in [1.82, 2.24) is 0 Å². The van der Waals surface area contributed by atoms with Gasteiger partial charge >= 0.3 is 0 Å². The number of nitrogens with zero attached hydrogens (tertiary/aromatic N) is 1. The SMILES string of the molecule is Cc1ccc(C2=C(SCc3ccccc3)C(=O)N(c3cccc(C)c3C)C2=O)c(C)c1. The molecular formula is C27H25NO2S. The number of aryl methyl sites for hydroxylation is 3. The van der Waals surface area contributed by atoms with Crippen LogP contribution in [-0.2, 0) is 15.3 Å². The molecule has 2 amide bonds. The molecule has 4 rings (SSSR count). The lowest BCUT2D eigenvalue weighted by atomic mass is 9.98. The van der Waals surface area contributed by atoms with Crippen molar-refractivity contribution < 1.29 is 9.59 Å². The van der Waals surface area contributed by atoms with Crippen LogP contribution in [0.15, 0.2) is 71.6 Å². The Bertz CT molecular complexity index is 1210. The summed E-state index contributed by atoms with van der Waals surface area (Å²) in [6.07, 6.45) is 0. The van der Waals surface area contributed by atoms with Crippen molar-refractivity contribution >= 4 is 34.8 Å². The third kappa shape index (κ3) is 3.96. The lowest BCUT2D eigenvalue weighted by Gasteiger charge is -2.19. The second-order valence-corrected chi connectivity index (χ2v) is 8.95. The number of thioether (sulfide) groups is 1. The van der Waals surface area contributed by atoms with Gasteiger partial charge in [-0.05, 0) is 61.6 Å². The first-order valence-electron chi connectivity index (χ1n) is 10.3. The molecule has 0 spiro atoms. The smallest absolute Gasteiger partial charge is 0.268 e. The average molecular weight is 428 g/mol. The summed E-state index contributed by atoms with van der Waals surface area (Å²) >= 11 is 1.44. The zero-order valence-corrected chi connectivity index (χ0v) is 19.0. The fourth-order valence-corrected chi connectivity index (χ4v) is 4.96. The van der Waals surface area contributed by atoms with Crippen molar-refractivity contribution in [2.75, 3.05) is 4.90 Å². The molecule has 1 heterocycles. The van der Waals surface area contributed by atoms with Gasteiger partial charge in [-0.25, -0.2) is 4.90 Å². The molecular weight excluding hydrogens is 402 g/mol. The number of carbonyl (C=O) groups excluding carboxylic acids is 2. The van der Waals surface area contributed by atoms with Crippen LogP contribution in [0.5, 0.6) is 0 Å². The van der Waals surface area contributed by atoms with E-state index in [9.17, 15) is 9.59 Å². The van der Waals surface area contributed by atoms with E-state index in [-0.39, 0.29) is 11.8 Å². The summed E-state index contributed by atoms with van der Waals surface area (Å²) in [4.78, 5) is 29.1. The quantitative estimate of drug-likeness (QED) is 0.459. The van der Waals surface area contributed by atoms with E-state index in [0.717, 1.165) is 33.4 Å². The minimum absolute atomic E-state index is 0.241. The molecule has 156 valence electrons. The van der Waals surface area contributed by atoms with Gasteiger partial charge in [0.25, 0.3) is 11.8 Å². The van der Waals surface area contributed by atoms with Crippen LogP contribution >= 0.6 is 11.8 Å². The van der Waals surface area contributed by atoms with Gasteiger partial charge in [0.2, 0.25) is 0 Å². The van der Waals surface area contributed by atoms with Gasteiger partial charge in [-0.15, -0.1) is 11.8 Å². The highest BCUT2D eigenvalue weighted by Gasteiger charge is 2.41. The number of amides is 2. The van der Waals surface area contributed by atoms with Gasteiger partial charge in [-0.3, -0.25) is 9.59 Å². The Morgan fingerprint density at radius 3 is 2.23 bits per heavy atom. The zero-order valence-electron chi connectivity index (χ0n) is 18.2. The van der Waals surface area contributed by atoms with Crippen LogP contribution in [0.1, 0.15) is 33.4 Å². The number of hydrogen-bond donors (Lipinski definition) is 0. The Balaban J connectivity index is 1.81. The largest absolute Gasteiger partial charge is 0.272 e. The number of imide groups is 1. The van der Waals surface area contributed by atoms with Crippen molar-refractivity contribution in [2.45, 2.75) is 33.4 Å². The van der Waals surface area contributed by atoms with Gasteiger partial charge in [0.05, 0.1) is 16.2 Å². The second-order valence-electron chi connectivity index (χ2n) is 7.96. The fraction of sp³-hybridized carbons (Fsp3) is 0.185. The van der Waals surface area contributed by atoms with Crippen LogP contribution in [0.2, 0.25) is 0 Å². The van der Waals surface area contributed by atoms with Gasteiger partial charge < -0.3 is 0 Å². The summed E-state index contributed by atoms with van der Waals surface area (Å²) in [6, 6.07) is 21.8. The highest BCUT2D eigenvalue weighted by Crippen LogP contribution is 2.41. The molecule has 0 aliphatic carbocycles. The van der Waals surface area contributed by atoms with Crippen LogP contribution in [-0.4, -0.2) is 11.8 Å². The molecule has 1 aliphatic heterocycles. The topological polar surface area (TPSA) is 37.4 Å². The van der Waals surface area contributed by atoms with Crippen molar-refractivity contribution in [3.05, 3.63) is 105 Å². The minimum Gasteiger partial charge on any atom is -0.268 e. The van der Waals surface area contributed by atoms with E-state index in [0.29, 0.717) is 21.9 Å². The normalized spacial score (nSPS) is 14.0. The van der Waals surface area contributed by atoms with Crippen molar-refractivity contribution in [1.29, 1.82) is 0 Å². The summed E-state index contributed by atoms with van der Waals surface area (Å²) in [5.74, 6) is 0.139. The molecule has 0 atom stereocenters. The molecule has 0 saturated carbocycles. The minimum atomic E-state index is -0.249. The Morgan fingerprint density at radius 1 is 0.774 bits per heavy atom. The highest BCUT2D eigenvalue weighted by molar-refractivity contribution is 8.03. The summed E-state index contributed by atoms with van der Waals surface area (Å²) < 4.78 is 0. The molecule has 0 aromatic heterocycles. The maximum Gasteiger partial charge on any atom is 0.272 e. The van der Waals surface area contributed by atoms with E-state index >= 15 is 0 Å². The van der Waals surface area contributed by atoms with Crippen LogP contribution < -0.4 is 4.90 Å². The standard InChI is InChI=1S/C27H25NO2S/c1-17-13-14-22(19(3)15-17)24-25(31-16-21-10-6-5-7-11-21)27(30)28(26(24)29)23-12-8-9-18(2)20(23)4/h5-15H,16H2,1-4H3. The van der Waals surface area contributed by atoms with Gasteiger partial charge in [0.1, 0.15) is 0 Å². The lowest BCUT2D eigenvalue weighted by Crippen LogP contribution is -2.32. The summed E-state index contributed by atoms with van der Waals surface area (Å²) in [5.41, 5.74) is 7.23. The summed E-state index contributed by atoms with van der Waals surface area (Å²) in [5, 5.41) is 0. The van der Waals surface area contributed by atoms with Crippen molar-refractivity contribution in [3.8, 4) is 0 Å². The maximum absolute atomic E-state index is 13.7. The predicted molar refractivity (Wildman–Crippen MR) is 129 cm³/mol. The van der Waals surface area contributed by atoms with Gasteiger partial charge in [-0.1, -0.05) is 66.2 Å². The first-order chi connectivity index (χ1) is 14.9. The van der Waals surface area contributed by atoms with Crippen LogP contribution in [0.25, 0.3) is 5.57 Å². The molecule has 3 aromatic carbocycles. The Hall–Kier alpha value is -3.11. The molecule has 3 nitrogen and oxygen atoms in total. The average Bonchev–Trinajstić information content (AvgIpc) is 2.99. The number of hydrogen-bond acceptors (Lipinski definition) is 3. The first-order valence-corrected chi connectivity index (χ1v) is 11.3. The molecule has 0 radical (unpaired) electrons. The molecule has 0 bridgehead atoms. The van der Waals surface area contributed by atoms with E-state index in [1.165, 1.54) is 16.7 Å². The highest BCUT2D eigenvalue weighted by atomic mass is 32.2. The van der Waals surface area contributed by atoms with Crippen LogP contribution in [0.3, 0.4) is 0 Å². The molecule has 0 fully saturated rings. The number of rotatable bonds is 5. The third-order valence-corrected chi connectivity index (χ3v) is 6.88. The monoisotopic (exact) mass is 427 g/mol. The molecule has 0 unspecified atom stereocenters. The Labute approximate surface area is 187 Å². The first kappa shape index (κ1) is 21.1. The second kappa shape index (κ2) is 8.56.